The van der Waals surface area contributed by atoms with Crippen LogP contribution in [0.15, 0.2) is 53.9 Å². The molecule has 1 aromatic heterocycles. The van der Waals surface area contributed by atoms with Crippen LogP contribution in [0.1, 0.15) is 10.7 Å². The predicted molar refractivity (Wildman–Crippen MR) is 99.0 cm³/mol. The van der Waals surface area contributed by atoms with Crippen molar-refractivity contribution in [1.82, 2.24) is 4.98 Å². The molecule has 28 heavy (non-hydrogen) atoms. The molecule has 0 spiro atoms. The first-order chi connectivity index (χ1) is 13.7. The molecule has 2 heterocycles. The Hall–Kier alpha value is -3.13. The molecule has 1 atom stereocenters. The Labute approximate surface area is 164 Å². The molecule has 0 fully saturated rings. The van der Waals surface area contributed by atoms with Crippen molar-refractivity contribution >= 4 is 17.3 Å². The first-order valence-corrected chi connectivity index (χ1v) is 9.42. The Bertz CT molecular complexity index is 959. The van der Waals surface area contributed by atoms with Crippen molar-refractivity contribution < 1.29 is 28.1 Å². The lowest BCUT2D eigenvalue weighted by Crippen LogP contribution is -2.37. The smallest absolute Gasteiger partial charge is 0.351 e. The molecule has 0 bridgehead atoms. The van der Waals surface area contributed by atoms with Gasteiger partial charge in [-0.15, -0.1) is 11.3 Å². The van der Waals surface area contributed by atoms with Gasteiger partial charge in [-0.1, -0.05) is 12.1 Å². The zero-order valence-corrected chi connectivity index (χ0v) is 15.5. The molecule has 4 rings (SSSR count). The van der Waals surface area contributed by atoms with Crippen LogP contribution in [0.4, 0.5) is 4.39 Å². The molecule has 0 unspecified atom stereocenters. The van der Waals surface area contributed by atoms with Gasteiger partial charge in [0.1, 0.15) is 36.4 Å². The molecule has 144 valence electrons. The summed E-state index contributed by atoms with van der Waals surface area (Å²) in [5.41, 5.74) is 0.619. The van der Waals surface area contributed by atoms with Gasteiger partial charge < -0.3 is 18.9 Å². The molecular formula is C20H16FNO5S. The van der Waals surface area contributed by atoms with E-state index in [1.54, 1.807) is 35.7 Å². The van der Waals surface area contributed by atoms with Crippen LogP contribution in [-0.2, 0) is 22.7 Å². The largest absolute Gasteiger partial charge is 0.486 e. The molecule has 0 saturated heterocycles. The molecule has 2 aromatic carbocycles. The van der Waals surface area contributed by atoms with Gasteiger partial charge >= 0.3 is 5.97 Å². The number of aromatic nitrogens is 1. The van der Waals surface area contributed by atoms with Gasteiger partial charge in [0.2, 0.25) is 6.10 Å². The van der Waals surface area contributed by atoms with Crippen LogP contribution in [0.25, 0.3) is 0 Å². The summed E-state index contributed by atoms with van der Waals surface area (Å²) < 4.78 is 34.9. The first kappa shape index (κ1) is 18.2. The number of thiazole rings is 1. The maximum absolute atomic E-state index is 12.9. The number of esters is 1. The van der Waals surface area contributed by atoms with Crippen LogP contribution < -0.4 is 14.2 Å². The number of hydrogen-bond donors (Lipinski definition) is 0. The number of hydrogen-bond acceptors (Lipinski definition) is 7. The van der Waals surface area contributed by atoms with Crippen LogP contribution in [-0.4, -0.2) is 23.7 Å². The first-order valence-electron chi connectivity index (χ1n) is 8.54. The number of carbonyl (C=O) groups excluding carboxylic acids is 1. The van der Waals surface area contributed by atoms with Crippen LogP contribution in [0.5, 0.6) is 17.2 Å². The molecule has 1 aliphatic heterocycles. The van der Waals surface area contributed by atoms with Gasteiger partial charge in [-0.25, -0.2) is 14.2 Å². The second-order valence-electron chi connectivity index (χ2n) is 5.95. The Morgan fingerprint density at radius 1 is 1.14 bits per heavy atom. The van der Waals surface area contributed by atoms with E-state index in [9.17, 15) is 9.18 Å². The minimum Gasteiger partial charge on any atom is -0.486 e. The summed E-state index contributed by atoms with van der Waals surface area (Å²) in [5, 5.41) is 2.52. The quantitative estimate of drug-likeness (QED) is 0.586. The van der Waals surface area contributed by atoms with E-state index < -0.39 is 12.1 Å². The predicted octanol–water partition coefficient (Wildman–Crippen LogP) is 3.74. The Kier molecular flexibility index (Phi) is 5.38. The van der Waals surface area contributed by atoms with E-state index >= 15 is 0 Å². The Morgan fingerprint density at radius 2 is 1.93 bits per heavy atom. The third-order valence-electron chi connectivity index (χ3n) is 3.91. The standard InChI is InChI=1S/C20H16FNO5S/c21-13-5-7-15(8-6-13)24-11-19-22-14(12-28-19)9-26-20(23)18-10-25-16-3-1-2-4-17(16)27-18/h1-8,12,18H,9-11H2/t18-/m0/s1. The van der Waals surface area contributed by atoms with E-state index in [4.69, 9.17) is 18.9 Å². The van der Waals surface area contributed by atoms with E-state index in [2.05, 4.69) is 4.98 Å². The number of rotatable bonds is 6. The normalized spacial score (nSPS) is 15.1. The number of nitrogens with zero attached hydrogens (tertiary/aromatic N) is 1. The van der Waals surface area contributed by atoms with Gasteiger partial charge in [-0.2, -0.15) is 0 Å². The molecule has 0 N–H and O–H groups in total. The molecular weight excluding hydrogens is 385 g/mol. The van der Waals surface area contributed by atoms with Crippen molar-refractivity contribution in [1.29, 1.82) is 0 Å². The highest BCUT2D eigenvalue weighted by atomic mass is 32.1. The molecule has 1 aliphatic rings. The molecule has 8 heteroatoms. The van der Waals surface area contributed by atoms with E-state index in [-0.39, 0.29) is 25.6 Å². The maximum atomic E-state index is 12.9. The van der Waals surface area contributed by atoms with Crippen LogP contribution in [0.2, 0.25) is 0 Å². The monoisotopic (exact) mass is 401 g/mol. The van der Waals surface area contributed by atoms with E-state index in [1.165, 1.54) is 23.5 Å². The highest BCUT2D eigenvalue weighted by Crippen LogP contribution is 2.31. The van der Waals surface area contributed by atoms with Crippen molar-refractivity contribution in [2.45, 2.75) is 19.3 Å². The molecule has 0 amide bonds. The van der Waals surface area contributed by atoms with Crippen LogP contribution in [0, 0.1) is 5.82 Å². The molecule has 3 aromatic rings. The summed E-state index contributed by atoms with van der Waals surface area (Å²) in [6.45, 7) is 0.387. The Morgan fingerprint density at radius 3 is 2.75 bits per heavy atom. The van der Waals surface area contributed by atoms with E-state index in [1.807, 2.05) is 6.07 Å². The fourth-order valence-electron chi connectivity index (χ4n) is 2.53. The van der Waals surface area contributed by atoms with Crippen molar-refractivity contribution in [3.8, 4) is 17.2 Å². The van der Waals surface area contributed by atoms with Gasteiger partial charge in [0.15, 0.2) is 11.5 Å². The SMILES string of the molecule is O=C(OCc1csc(COc2ccc(F)cc2)n1)[C@@H]1COc2ccccc2O1. The fraction of sp³-hybridized carbons (Fsp3) is 0.200. The minimum atomic E-state index is -0.810. The van der Waals surface area contributed by atoms with Gasteiger partial charge in [-0.05, 0) is 36.4 Å². The number of benzene rings is 2. The van der Waals surface area contributed by atoms with Crippen LogP contribution >= 0.6 is 11.3 Å². The van der Waals surface area contributed by atoms with Gasteiger partial charge in [0.05, 0.1) is 5.69 Å². The van der Waals surface area contributed by atoms with Crippen molar-refractivity contribution in [3.05, 3.63) is 70.4 Å². The number of fused-ring (bicyclic) bond motifs is 1. The summed E-state index contributed by atoms with van der Waals surface area (Å²) in [5.74, 6) is 0.855. The second-order valence-corrected chi connectivity index (χ2v) is 6.89. The lowest BCUT2D eigenvalue weighted by molar-refractivity contribution is -0.156. The zero-order chi connectivity index (χ0) is 19.3. The number of ether oxygens (including phenoxy) is 4. The van der Waals surface area contributed by atoms with Crippen LogP contribution in [0.3, 0.4) is 0 Å². The zero-order valence-electron chi connectivity index (χ0n) is 14.7. The lowest BCUT2D eigenvalue weighted by atomic mass is 10.2. The third-order valence-corrected chi connectivity index (χ3v) is 4.78. The summed E-state index contributed by atoms with van der Waals surface area (Å²) >= 11 is 1.39. The topological polar surface area (TPSA) is 66.9 Å². The van der Waals surface area contributed by atoms with Gasteiger partial charge in [-0.3, -0.25) is 0 Å². The minimum absolute atomic E-state index is 0.0351. The third kappa shape index (κ3) is 4.40. The summed E-state index contributed by atoms with van der Waals surface area (Å²) in [7, 11) is 0. The summed E-state index contributed by atoms with van der Waals surface area (Å²) in [4.78, 5) is 16.6. The van der Waals surface area contributed by atoms with Crippen molar-refractivity contribution in [2.24, 2.45) is 0 Å². The highest BCUT2D eigenvalue weighted by Gasteiger charge is 2.28. The average Bonchev–Trinajstić information content (AvgIpc) is 3.19. The molecule has 6 nitrogen and oxygen atoms in total. The summed E-state index contributed by atoms with van der Waals surface area (Å²) in [6.07, 6.45) is -0.810. The average molecular weight is 401 g/mol. The van der Waals surface area contributed by atoms with Gasteiger partial charge in [0, 0.05) is 5.38 Å². The number of halogens is 1. The Balaban J connectivity index is 1.26. The van der Waals surface area contributed by atoms with Gasteiger partial charge in [0.25, 0.3) is 0 Å². The van der Waals surface area contributed by atoms with E-state index in [0.29, 0.717) is 22.9 Å². The lowest BCUT2D eigenvalue weighted by Gasteiger charge is -2.24. The molecule has 0 saturated carbocycles. The maximum Gasteiger partial charge on any atom is 0.351 e. The second kappa shape index (κ2) is 8.26. The van der Waals surface area contributed by atoms with Crippen molar-refractivity contribution in [3.63, 3.8) is 0 Å². The highest BCUT2D eigenvalue weighted by molar-refractivity contribution is 7.09. The number of para-hydroxylation sites is 2. The van der Waals surface area contributed by atoms with Crippen molar-refractivity contribution in [2.75, 3.05) is 6.61 Å². The molecule has 0 radical (unpaired) electrons. The molecule has 0 aliphatic carbocycles. The summed E-state index contributed by atoms with van der Waals surface area (Å²) in [6, 6.07) is 12.9. The van der Waals surface area contributed by atoms with E-state index in [0.717, 1.165) is 5.01 Å². The number of carbonyl (C=O) groups is 1. The fourth-order valence-corrected chi connectivity index (χ4v) is 3.22.